The van der Waals surface area contributed by atoms with Gasteiger partial charge in [-0.3, -0.25) is 0 Å². The fourth-order valence-electron chi connectivity index (χ4n) is 1.97. The molecule has 1 saturated heterocycles. The second kappa shape index (κ2) is 4.32. The number of hydrogen-bond donors (Lipinski definition) is 2. The first kappa shape index (κ1) is 11.3. The minimum Gasteiger partial charge on any atom is -0.377 e. The molecule has 0 radical (unpaired) electrons. The Morgan fingerprint density at radius 1 is 1.56 bits per heavy atom. The van der Waals surface area contributed by atoms with Gasteiger partial charge < -0.3 is 10.6 Å². The van der Waals surface area contributed by atoms with Crippen LogP contribution in [0.5, 0.6) is 0 Å². The Morgan fingerprint density at radius 2 is 2.38 bits per heavy atom. The highest BCUT2D eigenvalue weighted by Crippen LogP contribution is 2.26. The van der Waals surface area contributed by atoms with E-state index in [0.717, 1.165) is 25.2 Å². The van der Waals surface area contributed by atoms with E-state index in [4.69, 9.17) is 16.9 Å². The summed E-state index contributed by atoms with van der Waals surface area (Å²) in [5.74, 6) is 0. The fourth-order valence-corrected chi connectivity index (χ4v) is 2.14. The van der Waals surface area contributed by atoms with Crippen molar-refractivity contribution in [3.05, 3.63) is 28.8 Å². The third-order valence-electron chi connectivity index (χ3n) is 2.91. The van der Waals surface area contributed by atoms with Gasteiger partial charge in [0, 0.05) is 17.1 Å². The topological polar surface area (TPSA) is 47.9 Å². The lowest BCUT2D eigenvalue weighted by molar-refractivity contribution is 0.567. The van der Waals surface area contributed by atoms with Gasteiger partial charge >= 0.3 is 0 Å². The zero-order valence-corrected chi connectivity index (χ0v) is 9.93. The highest BCUT2D eigenvalue weighted by atomic mass is 35.5. The summed E-state index contributed by atoms with van der Waals surface area (Å²) in [6.07, 6.45) is 1.05. The van der Waals surface area contributed by atoms with E-state index in [2.05, 4.69) is 23.6 Å². The van der Waals surface area contributed by atoms with Crippen LogP contribution in [0.15, 0.2) is 18.2 Å². The van der Waals surface area contributed by atoms with Crippen LogP contribution < -0.4 is 10.6 Å². The second-order valence-electron chi connectivity index (χ2n) is 4.41. The molecule has 84 valence electrons. The van der Waals surface area contributed by atoms with Gasteiger partial charge in [-0.15, -0.1) is 0 Å². The second-order valence-corrected chi connectivity index (χ2v) is 4.85. The number of nitrogens with zero attached hydrogens (tertiary/aromatic N) is 1. The first-order chi connectivity index (χ1) is 7.63. The molecule has 2 rings (SSSR count). The third kappa shape index (κ3) is 2.29. The van der Waals surface area contributed by atoms with E-state index in [1.807, 2.05) is 6.07 Å². The lowest BCUT2D eigenvalue weighted by Crippen LogP contribution is -2.37. The number of hydrogen-bond acceptors (Lipinski definition) is 3. The predicted molar refractivity (Wildman–Crippen MR) is 65.7 cm³/mol. The maximum atomic E-state index is 9.02. The highest BCUT2D eigenvalue weighted by molar-refractivity contribution is 6.30. The number of rotatable bonds is 2. The number of nitriles is 1. The van der Waals surface area contributed by atoms with Crippen molar-refractivity contribution in [1.29, 1.82) is 5.26 Å². The minimum absolute atomic E-state index is 0.0102. The monoisotopic (exact) mass is 235 g/mol. The normalized spacial score (nSPS) is 24.1. The molecule has 2 N–H and O–H groups in total. The van der Waals surface area contributed by atoms with Crippen molar-refractivity contribution >= 4 is 17.3 Å². The van der Waals surface area contributed by atoms with E-state index >= 15 is 0 Å². The lowest BCUT2D eigenvalue weighted by Gasteiger charge is -2.26. The maximum absolute atomic E-state index is 9.02. The molecule has 4 heteroatoms. The van der Waals surface area contributed by atoms with Gasteiger partial charge in [0.1, 0.15) is 6.07 Å². The number of anilines is 1. The quantitative estimate of drug-likeness (QED) is 0.828. The van der Waals surface area contributed by atoms with Gasteiger partial charge in [-0.1, -0.05) is 11.6 Å². The van der Waals surface area contributed by atoms with Gasteiger partial charge in [-0.2, -0.15) is 5.26 Å². The molecule has 0 saturated carbocycles. The van der Waals surface area contributed by atoms with Crippen LogP contribution in [-0.2, 0) is 0 Å². The van der Waals surface area contributed by atoms with Gasteiger partial charge in [0.25, 0.3) is 0 Å². The first-order valence-corrected chi connectivity index (χ1v) is 5.69. The number of nitrogens with one attached hydrogen (secondary N) is 2. The standard InChI is InChI=1S/C12H14ClN3/c1-12(4-5-15-8-12)16-11-6-10(13)3-2-9(11)7-14/h2-3,6,15-16H,4-5,8H2,1H3. The molecule has 1 unspecified atom stereocenters. The summed E-state index contributed by atoms with van der Waals surface area (Å²) in [6, 6.07) is 7.46. The molecule has 1 aromatic carbocycles. The minimum atomic E-state index is 0.0102. The average Bonchev–Trinajstić information content (AvgIpc) is 2.65. The largest absolute Gasteiger partial charge is 0.377 e. The van der Waals surface area contributed by atoms with Crippen molar-refractivity contribution in [3.8, 4) is 6.07 Å². The zero-order valence-electron chi connectivity index (χ0n) is 9.18. The SMILES string of the molecule is CC1(Nc2cc(Cl)ccc2C#N)CCNC1. The van der Waals surface area contributed by atoms with Crippen LogP contribution in [0, 0.1) is 11.3 Å². The molecule has 0 aliphatic carbocycles. The summed E-state index contributed by atoms with van der Waals surface area (Å²) in [5, 5.41) is 16.4. The molecule has 1 fully saturated rings. The lowest BCUT2D eigenvalue weighted by atomic mass is 10.0. The van der Waals surface area contributed by atoms with E-state index in [1.54, 1.807) is 12.1 Å². The summed E-state index contributed by atoms with van der Waals surface area (Å²) < 4.78 is 0. The van der Waals surface area contributed by atoms with Crippen molar-refractivity contribution in [2.45, 2.75) is 18.9 Å². The highest BCUT2D eigenvalue weighted by Gasteiger charge is 2.28. The van der Waals surface area contributed by atoms with E-state index in [0.29, 0.717) is 10.6 Å². The molecule has 0 amide bonds. The Kier molecular flexibility index (Phi) is 3.04. The van der Waals surface area contributed by atoms with Crippen molar-refractivity contribution in [3.63, 3.8) is 0 Å². The number of halogens is 1. The van der Waals surface area contributed by atoms with E-state index in [9.17, 15) is 0 Å². The summed E-state index contributed by atoms with van der Waals surface area (Å²) in [7, 11) is 0. The third-order valence-corrected chi connectivity index (χ3v) is 3.14. The molecule has 1 heterocycles. The van der Waals surface area contributed by atoms with Crippen LogP contribution >= 0.6 is 11.6 Å². The van der Waals surface area contributed by atoms with Gasteiger partial charge in [0.15, 0.2) is 0 Å². The van der Waals surface area contributed by atoms with Crippen LogP contribution in [0.25, 0.3) is 0 Å². The molecule has 1 aromatic rings. The average molecular weight is 236 g/mol. The van der Waals surface area contributed by atoms with Crippen molar-refractivity contribution in [2.24, 2.45) is 0 Å². The van der Waals surface area contributed by atoms with Gasteiger partial charge in [-0.25, -0.2) is 0 Å². The summed E-state index contributed by atoms with van der Waals surface area (Å²) >= 11 is 5.94. The van der Waals surface area contributed by atoms with Gasteiger partial charge in [0.05, 0.1) is 11.3 Å². The summed E-state index contributed by atoms with van der Waals surface area (Å²) in [4.78, 5) is 0. The summed E-state index contributed by atoms with van der Waals surface area (Å²) in [5.41, 5.74) is 1.47. The van der Waals surface area contributed by atoms with Crippen LogP contribution in [0.3, 0.4) is 0 Å². The van der Waals surface area contributed by atoms with Gasteiger partial charge in [-0.05, 0) is 38.1 Å². The fraction of sp³-hybridized carbons (Fsp3) is 0.417. The van der Waals surface area contributed by atoms with Gasteiger partial charge in [0.2, 0.25) is 0 Å². The van der Waals surface area contributed by atoms with Crippen molar-refractivity contribution < 1.29 is 0 Å². The maximum Gasteiger partial charge on any atom is 0.101 e. The molecule has 0 aromatic heterocycles. The molecule has 16 heavy (non-hydrogen) atoms. The summed E-state index contributed by atoms with van der Waals surface area (Å²) in [6.45, 7) is 4.06. The molecule has 0 bridgehead atoms. The molecule has 0 spiro atoms. The Bertz CT molecular complexity index is 430. The Balaban J connectivity index is 2.26. The van der Waals surface area contributed by atoms with Crippen molar-refractivity contribution in [1.82, 2.24) is 5.32 Å². The Morgan fingerprint density at radius 3 is 3.00 bits per heavy atom. The molecule has 1 atom stereocenters. The van der Waals surface area contributed by atoms with Crippen LogP contribution in [0.2, 0.25) is 5.02 Å². The van der Waals surface area contributed by atoms with Crippen LogP contribution in [-0.4, -0.2) is 18.6 Å². The Labute approximate surface area is 100 Å². The first-order valence-electron chi connectivity index (χ1n) is 5.31. The van der Waals surface area contributed by atoms with E-state index < -0.39 is 0 Å². The molecule has 1 aliphatic rings. The zero-order chi connectivity index (χ0) is 11.6. The Hall–Kier alpha value is -1.24. The molecule has 1 aliphatic heterocycles. The smallest absolute Gasteiger partial charge is 0.101 e. The van der Waals surface area contributed by atoms with E-state index in [-0.39, 0.29) is 5.54 Å². The van der Waals surface area contributed by atoms with Crippen LogP contribution in [0.1, 0.15) is 18.9 Å². The predicted octanol–water partition coefficient (Wildman–Crippen LogP) is 2.38. The molecular weight excluding hydrogens is 222 g/mol. The van der Waals surface area contributed by atoms with Crippen molar-refractivity contribution in [2.75, 3.05) is 18.4 Å². The van der Waals surface area contributed by atoms with E-state index in [1.165, 1.54) is 0 Å². The van der Waals surface area contributed by atoms with Crippen LogP contribution in [0.4, 0.5) is 5.69 Å². The molecular formula is C12H14ClN3. The number of benzene rings is 1. The molecule has 3 nitrogen and oxygen atoms in total.